The second kappa shape index (κ2) is 4.69. The summed E-state index contributed by atoms with van der Waals surface area (Å²) in [6, 6.07) is 0. The third-order valence-electron chi connectivity index (χ3n) is 2.41. The van der Waals surface area contributed by atoms with Gasteiger partial charge in [0.1, 0.15) is 18.5 Å². The first kappa shape index (κ1) is 10.6. The molecule has 1 rings (SSSR count). The van der Waals surface area contributed by atoms with Crippen molar-refractivity contribution in [3.05, 3.63) is 0 Å². The van der Waals surface area contributed by atoms with Gasteiger partial charge in [0.2, 0.25) is 0 Å². The molecular formula is C9H16O4. The summed E-state index contributed by atoms with van der Waals surface area (Å²) in [5, 5.41) is 18.8. The van der Waals surface area contributed by atoms with Crippen molar-refractivity contribution in [3.63, 3.8) is 0 Å². The minimum Gasteiger partial charge on any atom is -0.388 e. The molecule has 1 heterocycles. The van der Waals surface area contributed by atoms with Crippen molar-refractivity contribution < 1.29 is 19.7 Å². The lowest BCUT2D eigenvalue weighted by Crippen LogP contribution is -2.31. The largest absolute Gasteiger partial charge is 0.388 e. The van der Waals surface area contributed by atoms with Gasteiger partial charge in [-0.3, -0.25) is 0 Å². The topological polar surface area (TPSA) is 66.8 Å². The number of hydrogen-bond acceptors (Lipinski definition) is 4. The molecule has 0 radical (unpaired) electrons. The fraction of sp³-hybridized carbons (Fsp3) is 0.889. The number of carbonyl (C=O) groups is 1. The van der Waals surface area contributed by atoms with Crippen LogP contribution in [0.5, 0.6) is 0 Å². The SMILES string of the molecule is CC1OC(CCCC=O)C(O)C1O. The third kappa shape index (κ3) is 2.49. The Hall–Kier alpha value is -0.450. The Morgan fingerprint density at radius 2 is 2.08 bits per heavy atom. The number of carbonyl (C=O) groups excluding carboxylic acids is 1. The van der Waals surface area contributed by atoms with Gasteiger partial charge in [0.25, 0.3) is 0 Å². The van der Waals surface area contributed by atoms with Crippen molar-refractivity contribution in [1.29, 1.82) is 0 Å². The molecule has 0 aliphatic carbocycles. The van der Waals surface area contributed by atoms with E-state index in [1.54, 1.807) is 6.92 Å². The normalized spacial score (nSPS) is 39.3. The van der Waals surface area contributed by atoms with Gasteiger partial charge in [-0.05, 0) is 19.8 Å². The van der Waals surface area contributed by atoms with Gasteiger partial charge in [0.05, 0.1) is 12.2 Å². The van der Waals surface area contributed by atoms with Gasteiger partial charge in [-0.15, -0.1) is 0 Å². The zero-order valence-corrected chi connectivity index (χ0v) is 7.72. The Kier molecular flexibility index (Phi) is 3.84. The van der Waals surface area contributed by atoms with Crippen molar-refractivity contribution in [3.8, 4) is 0 Å². The molecule has 0 bridgehead atoms. The van der Waals surface area contributed by atoms with Gasteiger partial charge in [0, 0.05) is 6.42 Å². The summed E-state index contributed by atoms with van der Waals surface area (Å²) in [7, 11) is 0. The summed E-state index contributed by atoms with van der Waals surface area (Å²) in [5.74, 6) is 0. The van der Waals surface area contributed by atoms with Crippen LogP contribution in [-0.4, -0.2) is 40.9 Å². The van der Waals surface area contributed by atoms with Gasteiger partial charge >= 0.3 is 0 Å². The van der Waals surface area contributed by atoms with Crippen molar-refractivity contribution in [1.82, 2.24) is 0 Å². The zero-order valence-electron chi connectivity index (χ0n) is 7.72. The lowest BCUT2D eigenvalue weighted by Gasteiger charge is -2.13. The van der Waals surface area contributed by atoms with E-state index in [9.17, 15) is 15.0 Å². The van der Waals surface area contributed by atoms with E-state index in [0.29, 0.717) is 19.3 Å². The number of aliphatic hydroxyl groups is 2. The Morgan fingerprint density at radius 3 is 2.54 bits per heavy atom. The molecule has 1 aliphatic heterocycles. The molecule has 0 spiro atoms. The van der Waals surface area contributed by atoms with Crippen LogP contribution in [0.2, 0.25) is 0 Å². The second-order valence-corrected chi connectivity index (χ2v) is 3.46. The number of hydrogen-bond donors (Lipinski definition) is 2. The van der Waals surface area contributed by atoms with Crippen LogP contribution in [0.3, 0.4) is 0 Å². The highest BCUT2D eigenvalue weighted by Gasteiger charge is 2.39. The summed E-state index contributed by atoms with van der Waals surface area (Å²) in [5.41, 5.74) is 0. The standard InChI is InChI=1S/C9H16O4/c1-6-8(11)9(12)7(13-6)4-2-3-5-10/h5-9,11-12H,2-4H2,1H3. The van der Waals surface area contributed by atoms with Crippen molar-refractivity contribution in [2.24, 2.45) is 0 Å². The first-order valence-corrected chi connectivity index (χ1v) is 4.62. The first-order valence-electron chi connectivity index (χ1n) is 4.62. The summed E-state index contributed by atoms with van der Waals surface area (Å²) >= 11 is 0. The molecule has 4 unspecified atom stereocenters. The predicted molar refractivity (Wildman–Crippen MR) is 46.3 cm³/mol. The van der Waals surface area contributed by atoms with Crippen LogP contribution in [-0.2, 0) is 9.53 Å². The van der Waals surface area contributed by atoms with Crippen LogP contribution in [0.25, 0.3) is 0 Å². The maximum atomic E-state index is 10.0. The number of aliphatic hydroxyl groups excluding tert-OH is 2. The monoisotopic (exact) mass is 188 g/mol. The fourth-order valence-corrected chi connectivity index (χ4v) is 1.58. The van der Waals surface area contributed by atoms with Crippen LogP contribution in [0.15, 0.2) is 0 Å². The number of ether oxygens (including phenoxy) is 1. The fourth-order valence-electron chi connectivity index (χ4n) is 1.58. The van der Waals surface area contributed by atoms with Gasteiger partial charge < -0.3 is 19.7 Å². The summed E-state index contributed by atoms with van der Waals surface area (Å²) in [4.78, 5) is 10.0. The molecule has 4 atom stereocenters. The van der Waals surface area contributed by atoms with Crippen LogP contribution in [0.1, 0.15) is 26.2 Å². The average Bonchev–Trinajstić information content (AvgIpc) is 2.34. The van der Waals surface area contributed by atoms with E-state index in [-0.39, 0.29) is 12.2 Å². The smallest absolute Gasteiger partial charge is 0.119 e. The van der Waals surface area contributed by atoms with E-state index < -0.39 is 12.2 Å². The Bertz CT molecular complexity index is 171. The lowest BCUT2D eigenvalue weighted by atomic mass is 10.0. The Morgan fingerprint density at radius 1 is 1.38 bits per heavy atom. The van der Waals surface area contributed by atoms with Gasteiger partial charge in [-0.2, -0.15) is 0 Å². The molecule has 0 aromatic carbocycles. The van der Waals surface area contributed by atoms with E-state index in [2.05, 4.69) is 0 Å². The molecule has 76 valence electrons. The van der Waals surface area contributed by atoms with Gasteiger partial charge in [-0.1, -0.05) is 0 Å². The van der Waals surface area contributed by atoms with E-state index in [1.807, 2.05) is 0 Å². The predicted octanol–water partition coefficient (Wildman–Crippen LogP) is -0.135. The Balaban J connectivity index is 2.31. The van der Waals surface area contributed by atoms with Crippen LogP contribution in [0.4, 0.5) is 0 Å². The maximum absolute atomic E-state index is 10.0. The van der Waals surface area contributed by atoms with E-state index >= 15 is 0 Å². The number of unbranched alkanes of at least 4 members (excludes halogenated alkanes) is 1. The molecule has 1 fully saturated rings. The quantitative estimate of drug-likeness (QED) is 0.476. The number of aldehydes is 1. The van der Waals surface area contributed by atoms with E-state index in [0.717, 1.165) is 6.29 Å². The highest BCUT2D eigenvalue weighted by Crippen LogP contribution is 2.24. The molecule has 0 amide bonds. The zero-order chi connectivity index (χ0) is 9.84. The molecule has 4 heteroatoms. The van der Waals surface area contributed by atoms with Crippen LogP contribution >= 0.6 is 0 Å². The lowest BCUT2D eigenvalue weighted by molar-refractivity contribution is -0.108. The van der Waals surface area contributed by atoms with E-state index in [4.69, 9.17) is 4.74 Å². The third-order valence-corrected chi connectivity index (χ3v) is 2.41. The molecule has 4 nitrogen and oxygen atoms in total. The first-order chi connectivity index (χ1) is 6.16. The molecule has 0 saturated carbocycles. The summed E-state index contributed by atoms with van der Waals surface area (Å²) < 4.78 is 5.32. The highest BCUT2D eigenvalue weighted by atomic mass is 16.5. The van der Waals surface area contributed by atoms with Crippen LogP contribution < -0.4 is 0 Å². The van der Waals surface area contributed by atoms with Gasteiger partial charge in [0.15, 0.2) is 0 Å². The molecule has 1 saturated heterocycles. The van der Waals surface area contributed by atoms with Gasteiger partial charge in [-0.25, -0.2) is 0 Å². The molecule has 0 aromatic heterocycles. The second-order valence-electron chi connectivity index (χ2n) is 3.46. The van der Waals surface area contributed by atoms with Crippen molar-refractivity contribution in [2.45, 2.75) is 50.6 Å². The molecule has 0 aromatic rings. The molecular weight excluding hydrogens is 172 g/mol. The minimum atomic E-state index is -0.804. The van der Waals surface area contributed by atoms with E-state index in [1.165, 1.54) is 0 Å². The van der Waals surface area contributed by atoms with Crippen molar-refractivity contribution in [2.75, 3.05) is 0 Å². The molecule has 13 heavy (non-hydrogen) atoms. The highest BCUT2D eigenvalue weighted by molar-refractivity contribution is 5.48. The van der Waals surface area contributed by atoms with Crippen molar-refractivity contribution >= 4 is 6.29 Å². The summed E-state index contributed by atoms with van der Waals surface area (Å²) in [6.45, 7) is 1.73. The molecule has 1 aliphatic rings. The van der Waals surface area contributed by atoms with Crippen LogP contribution in [0, 0.1) is 0 Å². The summed E-state index contributed by atoms with van der Waals surface area (Å²) in [6.07, 6.45) is 0.439. The minimum absolute atomic E-state index is 0.309. The number of rotatable bonds is 4. The Labute approximate surface area is 77.5 Å². The average molecular weight is 188 g/mol. The molecule has 2 N–H and O–H groups in total. The maximum Gasteiger partial charge on any atom is 0.119 e.